The van der Waals surface area contributed by atoms with Crippen LogP contribution in [-0.4, -0.2) is 90.7 Å². The third-order valence-electron chi connectivity index (χ3n) is 10.4. The Morgan fingerprint density at radius 1 is 0.961 bits per heavy atom. The Morgan fingerprint density at radius 2 is 1.67 bits per heavy atom. The first-order valence-electron chi connectivity index (χ1n) is 16.5. The number of halogens is 1. The lowest BCUT2D eigenvalue weighted by Crippen LogP contribution is -2.58. The SMILES string of the molecule is CCCc1c(Cl)c2c(c(=O)n1C)C(=O)C1=C(CCc3c1c(O)c1c(=O)c4c(oc1c3OC)[C@H](O)C[C@@H](O[C@@H]1O[C@@H](C)[C@H](O)[C@@H](O)[C@H]1O)[C@H]4O)C2=O. The second-order valence-electron chi connectivity index (χ2n) is 13.3. The van der Waals surface area contributed by atoms with Crippen LogP contribution >= 0.6 is 11.6 Å². The number of allylic oxidation sites excluding steroid dienone is 2. The van der Waals surface area contributed by atoms with Crippen molar-refractivity contribution in [1.82, 2.24) is 4.57 Å². The molecule has 15 nitrogen and oxygen atoms in total. The molecule has 0 radical (unpaired) electrons. The quantitative estimate of drug-likeness (QED) is 0.217. The van der Waals surface area contributed by atoms with Gasteiger partial charge >= 0.3 is 0 Å². The van der Waals surface area contributed by atoms with E-state index in [-0.39, 0.29) is 69.2 Å². The van der Waals surface area contributed by atoms with Gasteiger partial charge in [-0.15, -0.1) is 0 Å². The summed E-state index contributed by atoms with van der Waals surface area (Å²) in [5, 5.41) is 64.6. The zero-order chi connectivity index (χ0) is 37.0. The van der Waals surface area contributed by atoms with Gasteiger partial charge in [0, 0.05) is 41.4 Å². The molecule has 1 aromatic carbocycles. The van der Waals surface area contributed by atoms with Crippen molar-refractivity contribution in [2.24, 2.45) is 7.05 Å². The maximum atomic E-state index is 14.3. The summed E-state index contributed by atoms with van der Waals surface area (Å²) >= 11 is 6.67. The minimum Gasteiger partial charge on any atom is -0.506 e. The lowest BCUT2D eigenvalue weighted by Gasteiger charge is -2.42. The number of hydrogen-bond acceptors (Lipinski definition) is 14. The molecule has 272 valence electrons. The van der Waals surface area contributed by atoms with Crippen LogP contribution in [0.3, 0.4) is 0 Å². The van der Waals surface area contributed by atoms with Crippen molar-refractivity contribution in [2.75, 3.05) is 7.11 Å². The van der Waals surface area contributed by atoms with Crippen molar-refractivity contribution in [1.29, 1.82) is 0 Å². The van der Waals surface area contributed by atoms with Crippen molar-refractivity contribution >= 4 is 39.7 Å². The summed E-state index contributed by atoms with van der Waals surface area (Å²) in [6, 6.07) is 0. The minimum absolute atomic E-state index is 0.00271. The predicted molar refractivity (Wildman–Crippen MR) is 177 cm³/mol. The molecule has 0 amide bonds. The fourth-order valence-electron chi connectivity index (χ4n) is 7.80. The number of carbonyl (C=O) groups is 2. The van der Waals surface area contributed by atoms with Crippen molar-refractivity contribution < 1.29 is 58.9 Å². The number of phenolic OH excluding ortho intramolecular Hbond substituents is 1. The number of methoxy groups -OCH3 is 1. The molecule has 3 heterocycles. The number of aliphatic hydroxyl groups is 5. The zero-order valence-corrected chi connectivity index (χ0v) is 28.7. The molecular formula is C35H36ClNO14. The van der Waals surface area contributed by atoms with Crippen molar-refractivity contribution in [2.45, 2.75) is 95.0 Å². The number of hydrogen-bond donors (Lipinski definition) is 6. The van der Waals surface area contributed by atoms with Gasteiger partial charge in [0.15, 0.2) is 23.4 Å². The third kappa shape index (κ3) is 4.98. The van der Waals surface area contributed by atoms with Crippen molar-refractivity contribution in [3.63, 3.8) is 0 Å². The van der Waals surface area contributed by atoms with Crippen LogP contribution in [0.1, 0.15) is 94.2 Å². The average Bonchev–Trinajstić information content (AvgIpc) is 3.10. The molecule has 0 bridgehead atoms. The summed E-state index contributed by atoms with van der Waals surface area (Å²) < 4.78 is 24.1. The summed E-state index contributed by atoms with van der Waals surface area (Å²) in [4.78, 5) is 56.2. The van der Waals surface area contributed by atoms with Crippen LogP contribution in [0, 0.1) is 0 Å². The maximum absolute atomic E-state index is 14.3. The largest absolute Gasteiger partial charge is 0.506 e. The Balaban J connectivity index is 1.40. The van der Waals surface area contributed by atoms with Crippen LogP contribution in [0.4, 0.5) is 0 Å². The van der Waals surface area contributed by atoms with E-state index < -0.39 is 93.8 Å². The number of ketones is 2. The van der Waals surface area contributed by atoms with E-state index >= 15 is 0 Å². The number of aliphatic hydroxyl groups excluding tert-OH is 5. The second kappa shape index (κ2) is 12.6. The highest BCUT2D eigenvalue weighted by Crippen LogP contribution is 2.51. The van der Waals surface area contributed by atoms with Crippen LogP contribution in [-0.2, 0) is 29.4 Å². The number of rotatable bonds is 5. The fraction of sp³-hybridized carbons (Fsp3) is 0.486. The second-order valence-corrected chi connectivity index (χ2v) is 13.7. The fourth-order valence-corrected chi connectivity index (χ4v) is 8.20. The van der Waals surface area contributed by atoms with Crippen LogP contribution in [0.5, 0.6) is 11.5 Å². The van der Waals surface area contributed by atoms with Crippen LogP contribution in [0.25, 0.3) is 16.5 Å². The van der Waals surface area contributed by atoms with Gasteiger partial charge in [0.25, 0.3) is 5.56 Å². The molecule has 2 aromatic heterocycles. The Bertz CT molecular complexity index is 2190. The van der Waals surface area contributed by atoms with E-state index in [4.69, 9.17) is 30.2 Å². The number of Topliss-reactive ketones (excluding diaryl/α,β-unsaturated/α-hetero) is 2. The Kier molecular flexibility index (Phi) is 8.79. The highest BCUT2D eigenvalue weighted by Gasteiger charge is 2.48. The van der Waals surface area contributed by atoms with Crippen molar-refractivity contribution in [3.05, 3.63) is 70.4 Å². The molecule has 6 N–H and O–H groups in total. The molecule has 0 unspecified atom stereocenters. The number of nitrogens with zero attached hydrogens (tertiary/aromatic N) is 1. The number of benzene rings is 1. The molecule has 7 rings (SSSR count). The summed E-state index contributed by atoms with van der Waals surface area (Å²) in [5.41, 5.74) is -3.14. The number of phenols is 1. The lowest BCUT2D eigenvalue weighted by molar-refractivity contribution is -0.313. The van der Waals surface area contributed by atoms with Gasteiger partial charge in [-0.3, -0.25) is 19.2 Å². The normalized spacial score (nSPS) is 28.7. The Labute approximate surface area is 293 Å². The lowest BCUT2D eigenvalue weighted by atomic mass is 9.73. The number of aromatic hydroxyl groups is 1. The van der Waals surface area contributed by atoms with Gasteiger partial charge in [0.05, 0.1) is 35.5 Å². The third-order valence-corrected chi connectivity index (χ3v) is 10.8. The Morgan fingerprint density at radius 3 is 2.33 bits per heavy atom. The number of fused-ring (bicyclic) bond motifs is 5. The standard InChI is InChI=1S/C35H36ClNO14/c1-5-6-13-22(36)18-19(34(47)37(13)3)26(42)16-11(24(18)40)7-8-12-17(16)27(43)21-28(44)20-25(41)15(9-14(38)32(20)51-33(21)31(12)48-4)50-35-30(46)29(45)23(39)10(2)49-35/h10,14-15,23,25,29-30,35,38-39,41,43,45-46H,5-9H2,1-4H3/t10-,14+,15+,23-,25+,29+,30+,35-/m0/s1. The van der Waals surface area contributed by atoms with Crippen LogP contribution < -0.4 is 15.7 Å². The molecule has 4 aliphatic rings. The zero-order valence-electron chi connectivity index (χ0n) is 27.9. The van der Waals surface area contributed by atoms with Gasteiger partial charge in [-0.25, -0.2) is 0 Å². The van der Waals surface area contributed by atoms with E-state index in [1.165, 1.54) is 25.6 Å². The first-order valence-corrected chi connectivity index (χ1v) is 16.9. The van der Waals surface area contributed by atoms with E-state index in [0.717, 1.165) is 0 Å². The molecule has 1 fully saturated rings. The first-order chi connectivity index (χ1) is 24.2. The van der Waals surface area contributed by atoms with Gasteiger partial charge in [-0.2, -0.15) is 0 Å². The summed E-state index contributed by atoms with van der Waals surface area (Å²) in [6.45, 7) is 3.30. The number of aromatic nitrogens is 1. The van der Waals surface area contributed by atoms with Gasteiger partial charge < -0.3 is 53.8 Å². The monoisotopic (exact) mass is 729 g/mol. The summed E-state index contributed by atoms with van der Waals surface area (Å²) in [5.74, 6) is -2.72. The molecule has 51 heavy (non-hydrogen) atoms. The van der Waals surface area contributed by atoms with Gasteiger partial charge in [-0.05, 0) is 26.2 Å². The highest BCUT2D eigenvalue weighted by atomic mass is 35.5. The van der Waals surface area contributed by atoms with Gasteiger partial charge in [0.2, 0.25) is 11.2 Å². The number of pyridine rings is 1. The maximum Gasteiger partial charge on any atom is 0.262 e. The van der Waals surface area contributed by atoms with E-state index in [1.807, 2.05) is 6.92 Å². The molecule has 1 saturated heterocycles. The van der Waals surface area contributed by atoms with E-state index in [0.29, 0.717) is 18.5 Å². The topological polar surface area (TPSA) is 235 Å². The first kappa shape index (κ1) is 35.5. The van der Waals surface area contributed by atoms with E-state index in [2.05, 4.69) is 0 Å². The van der Waals surface area contributed by atoms with Crippen molar-refractivity contribution in [3.8, 4) is 11.5 Å². The number of carbonyl (C=O) groups excluding carboxylic acids is 2. The molecule has 1 aliphatic heterocycles. The Hall–Kier alpha value is -3.93. The van der Waals surface area contributed by atoms with Crippen LogP contribution in [0.2, 0.25) is 5.02 Å². The molecule has 16 heteroatoms. The van der Waals surface area contributed by atoms with Crippen LogP contribution in [0.15, 0.2) is 19.6 Å². The highest BCUT2D eigenvalue weighted by molar-refractivity contribution is 6.45. The molecule has 0 saturated carbocycles. The average molecular weight is 730 g/mol. The predicted octanol–water partition coefficient (Wildman–Crippen LogP) is 1.27. The molecular weight excluding hydrogens is 694 g/mol. The smallest absolute Gasteiger partial charge is 0.262 e. The number of ether oxygens (including phenoxy) is 3. The van der Waals surface area contributed by atoms with E-state index in [9.17, 15) is 49.8 Å². The summed E-state index contributed by atoms with van der Waals surface area (Å²) in [6.07, 6.45) is -11.5. The molecule has 3 aliphatic carbocycles. The van der Waals surface area contributed by atoms with Gasteiger partial charge in [-0.1, -0.05) is 24.9 Å². The van der Waals surface area contributed by atoms with E-state index in [1.54, 1.807) is 0 Å². The van der Waals surface area contributed by atoms with Gasteiger partial charge in [0.1, 0.15) is 53.0 Å². The molecule has 3 aromatic rings. The molecule has 8 atom stereocenters. The summed E-state index contributed by atoms with van der Waals surface area (Å²) in [7, 11) is 2.71. The minimum atomic E-state index is -1.83. The molecule has 0 spiro atoms.